The van der Waals surface area contributed by atoms with Gasteiger partial charge in [-0.2, -0.15) is 0 Å². The number of nitrogens with zero attached hydrogens (tertiary/aromatic N) is 2. The monoisotopic (exact) mass is 302 g/mol. The van der Waals surface area contributed by atoms with Gasteiger partial charge in [0, 0.05) is 31.0 Å². The van der Waals surface area contributed by atoms with Gasteiger partial charge < -0.3 is 20.4 Å². The molecule has 2 amide bonds. The number of rotatable bonds is 7. The van der Waals surface area contributed by atoms with E-state index in [2.05, 4.69) is 10.3 Å². The second kappa shape index (κ2) is 7.26. The number of amides is 2. The maximum atomic E-state index is 12.1. The van der Waals surface area contributed by atoms with Crippen molar-refractivity contribution in [2.45, 2.75) is 13.5 Å². The molecule has 7 heteroatoms. The van der Waals surface area contributed by atoms with Crippen LogP contribution in [0.4, 0.5) is 0 Å². The van der Waals surface area contributed by atoms with Gasteiger partial charge in [0.2, 0.25) is 0 Å². The molecule has 0 saturated heterocycles. The lowest BCUT2D eigenvalue weighted by molar-refractivity contribution is -0.119. The Bertz CT molecular complexity index is 666. The second-order valence-electron chi connectivity index (χ2n) is 4.71. The van der Waals surface area contributed by atoms with Gasteiger partial charge in [0.1, 0.15) is 11.6 Å². The minimum absolute atomic E-state index is 0.206. The molecular formula is C15H18N4O3. The van der Waals surface area contributed by atoms with Crippen LogP contribution in [0.2, 0.25) is 0 Å². The Labute approximate surface area is 128 Å². The van der Waals surface area contributed by atoms with Crippen molar-refractivity contribution < 1.29 is 14.3 Å². The number of imidazole rings is 1. The fourth-order valence-electron chi connectivity index (χ4n) is 1.91. The molecule has 0 bridgehead atoms. The first-order chi connectivity index (χ1) is 10.6. The molecule has 2 aromatic rings. The Morgan fingerprint density at radius 3 is 2.91 bits per heavy atom. The average Bonchev–Trinajstić information content (AvgIpc) is 2.91. The lowest BCUT2D eigenvalue weighted by Crippen LogP contribution is -2.27. The molecule has 0 radical (unpaired) electrons. The number of ether oxygens (including phenoxy) is 1. The van der Waals surface area contributed by atoms with Gasteiger partial charge in [-0.25, -0.2) is 4.98 Å². The minimum atomic E-state index is -0.564. The van der Waals surface area contributed by atoms with Crippen LogP contribution in [0, 0.1) is 6.92 Å². The Hall–Kier alpha value is -2.83. The number of carbonyl (C=O) groups is 2. The van der Waals surface area contributed by atoms with Gasteiger partial charge >= 0.3 is 0 Å². The van der Waals surface area contributed by atoms with Gasteiger partial charge in [-0.3, -0.25) is 9.59 Å². The minimum Gasteiger partial charge on any atom is -0.484 e. The molecule has 116 valence electrons. The zero-order chi connectivity index (χ0) is 15.9. The first-order valence-corrected chi connectivity index (χ1v) is 6.83. The summed E-state index contributed by atoms with van der Waals surface area (Å²) in [5.74, 6) is 0.556. The van der Waals surface area contributed by atoms with Crippen LogP contribution in [0.25, 0.3) is 0 Å². The number of nitrogens with one attached hydrogen (secondary N) is 1. The highest BCUT2D eigenvalue weighted by molar-refractivity contribution is 5.94. The van der Waals surface area contributed by atoms with E-state index in [1.807, 2.05) is 17.7 Å². The first-order valence-electron chi connectivity index (χ1n) is 6.83. The van der Waals surface area contributed by atoms with Crippen LogP contribution in [0.3, 0.4) is 0 Å². The summed E-state index contributed by atoms with van der Waals surface area (Å²) in [5, 5.41) is 2.82. The van der Waals surface area contributed by atoms with Crippen LogP contribution in [-0.4, -0.2) is 34.5 Å². The number of hydrogen-bond acceptors (Lipinski definition) is 4. The van der Waals surface area contributed by atoms with E-state index in [0.29, 0.717) is 24.4 Å². The summed E-state index contributed by atoms with van der Waals surface area (Å²) in [5.41, 5.74) is 5.47. The molecular weight excluding hydrogens is 284 g/mol. The van der Waals surface area contributed by atoms with Crippen molar-refractivity contribution in [3.63, 3.8) is 0 Å². The van der Waals surface area contributed by atoms with Crippen molar-refractivity contribution in [2.24, 2.45) is 5.73 Å². The summed E-state index contributed by atoms with van der Waals surface area (Å²) in [6.07, 6.45) is 3.58. The highest BCUT2D eigenvalue weighted by Gasteiger charge is 2.07. The van der Waals surface area contributed by atoms with Crippen LogP contribution in [-0.2, 0) is 11.3 Å². The van der Waals surface area contributed by atoms with E-state index in [9.17, 15) is 9.59 Å². The van der Waals surface area contributed by atoms with E-state index >= 15 is 0 Å². The lowest BCUT2D eigenvalue weighted by atomic mass is 10.2. The molecule has 3 N–H and O–H groups in total. The van der Waals surface area contributed by atoms with Gasteiger partial charge in [0.25, 0.3) is 11.8 Å². The normalized spacial score (nSPS) is 10.2. The molecule has 1 aromatic carbocycles. The van der Waals surface area contributed by atoms with Gasteiger partial charge in [-0.15, -0.1) is 0 Å². The second-order valence-corrected chi connectivity index (χ2v) is 4.71. The smallest absolute Gasteiger partial charge is 0.255 e. The van der Waals surface area contributed by atoms with E-state index in [-0.39, 0.29) is 12.5 Å². The third-order valence-electron chi connectivity index (χ3n) is 3.04. The summed E-state index contributed by atoms with van der Waals surface area (Å²) >= 11 is 0. The summed E-state index contributed by atoms with van der Waals surface area (Å²) < 4.78 is 7.12. The van der Waals surface area contributed by atoms with Crippen molar-refractivity contribution in [1.29, 1.82) is 0 Å². The first kappa shape index (κ1) is 15.6. The number of nitrogens with two attached hydrogens (primary N) is 1. The van der Waals surface area contributed by atoms with Gasteiger partial charge in [-0.1, -0.05) is 6.07 Å². The Morgan fingerprint density at radius 1 is 1.41 bits per heavy atom. The SMILES string of the molecule is Cc1nccn1CCNC(=O)c1cccc(OCC(N)=O)c1. The maximum absolute atomic E-state index is 12.1. The Morgan fingerprint density at radius 2 is 2.23 bits per heavy atom. The van der Waals surface area contributed by atoms with Gasteiger partial charge in [-0.05, 0) is 25.1 Å². The molecule has 1 aromatic heterocycles. The number of aryl methyl sites for hydroxylation is 1. The van der Waals surface area contributed by atoms with Gasteiger partial charge in [0.05, 0.1) is 0 Å². The van der Waals surface area contributed by atoms with Crippen molar-refractivity contribution >= 4 is 11.8 Å². The summed E-state index contributed by atoms with van der Waals surface area (Å²) in [6.45, 7) is 2.82. The zero-order valence-corrected chi connectivity index (χ0v) is 12.3. The highest BCUT2D eigenvalue weighted by atomic mass is 16.5. The van der Waals surface area contributed by atoms with Crippen LogP contribution in [0.1, 0.15) is 16.2 Å². The van der Waals surface area contributed by atoms with E-state index in [4.69, 9.17) is 10.5 Å². The molecule has 1 heterocycles. The molecule has 0 unspecified atom stereocenters. The largest absolute Gasteiger partial charge is 0.484 e. The molecule has 0 aliphatic rings. The molecule has 0 aliphatic carbocycles. The number of carbonyl (C=O) groups excluding carboxylic acids is 2. The number of hydrogen-bond donors (Lipinski definition) is 2. The van der Waals surface area contributed by atoms with Crippen LogP contribution >= 0.6 is 0 Å². The number of benzene rings is 1. The van der Waals surface area contributed by atoms with Crippen molar-refractivity contribution in [3.8, 4) is 5.75 Å². The predicted molar refractivity (Wildman–Crippen MR) is 80.4 cm³/mol. The molecule has 22 heavy (non-hydrogen) atoms. The quantitative estimate of drug-likeness (QED) is 0.777. The molecule has 0 saturated carbocycles. The Kier molecular flexibility index (Phi) is 5.13. The fraction of sp³-hybridized carbons (Fsp3) is 0.267. The van der Waals surface area contributed by atoms with Crippen molar-refractivity contribution in [1.82, 2.24) is 14.9 Å². The molecule has 0 aliphatic heterocycles. The van der Waals surface area contributed by atoms with E-state index in [0.717, 1.165) is 5.82 Å². The molecule has 7 nitrogen and oxygen atoms in total. The third kappa shape index (κ3) is 4.34. The average molecular weight is 302 g/mol. The van der Waals surface area contributed by atoms with E-state index < -0.39 is 5.91 Å². The molecule has 0 fully saturated rings. The fourth-order valence-corrected chi connectivity index (χ4v) is 1.91. The number of primary amides is 1. The van der Waals surface area contributed by atoms with E-state index in [1.165, 1.54) is 0 Å². The van der Waals surface area contributed by atoms with Crippen molar-refractivity contribution in [3.05, 3.63) is 48.0 Å². The van der Waals surface area contributed by atoms with Gasteiger partial charge in [0.15, 0.2) is 6.61 Å². The summed E-state index contributed by atoms with van der Waals surface area (Å²) in [6, 6.07) is 6.59. The molecule has 0 spiro atoms. The Balaban J connectivity index is 1.88. The topological polar surface area (TPSA) is 99.2 Å². The standard InChI is InChI=1S/C15H18N4O3/c1-11-17-5-7-19(11)8-6-18-15(21)12-3-2-4-13(9-12)22-10-14(16)20/h2-5,7,9H,6,8,10H2,1H3,(H2,16,20)(H,18,21). The summed E-state index contributed by atoms with van der Waals surface area (Å²) in [4.78, 5) is 26.9. The predicted octanol–water partition coefficient (Wildman–Crippen LogP) is 0.486. The van der Waals surface area contributed by atoms with E-state index in [1.54, 1.807) is 30.5 Å². The van der Waals surface area contributed by atoms with Crippen molar-refractivity contribution in [2.75, 3.05) is 13.2 Å². The van der Waals surface area contributed by atoms with Crippen LogP contribution in [0.15, 0.2) is 36.7 Å². The molecule has 2 rings (SSSR count). The zero-order valence-electron chi connectivity index (χ0n) is 12.3. The maximum Gasteiger partial charge on any atom is 0.255 e. The number of aromatic nitrogens is 2. The highest BCUT2D eigenvalue weighted by Crippen LogP contribution is 2.13. The van der Waals surface area contributed by atoms with Crippen LogP contribution in [0.5, 0.6) is 5.75 Å². The summed E-state index contributed by atoms with van der Waals surface area (Å²) in [7, 11) is 0. The third-order valence-corrected chi connectivity index (χ3v) is 3.04. The van der Waals surface area contributed by atoms with Crippen LogP contribution < -0.4 is 15.8 Å². The molecule has 0 atom stereocenters. The lowest BCUT2D eigenvalue weighted by Gasteiger charge is -2.09.